The minimum absolute atomic E-state index is 0.296. The largest absolute Gasteiger partial charge is 0.805 e. The molecule has 2 aromatic rings. The van der Waals surface area contributed by atoms with Crippen LogP contribution in [-0.2, 0) is 12.8 Å². The summed E-state index contributed by atoms with van der Waals surface area (Å²) in [6, 6.07) is 5.15. The Morgan fingerprint density at radius 2 is 2.05 bits per heavy atom. The molecule has 0 bridgehead atoms. The maximum Gasteiger partial charge on any atom is 0.258 e. The normalized spacial score (nSPS) is 13.0. The van der Waals surface area contributed by atoms with E-state index in [0.717, 1.165) is 15.6 Å². The average Bonchev–Trinajstić information content (AvgIpc) is 3.00. The zero-order chi connectivity index (χ0) is 15.0. The first-order valence-electron chi connectivity index (χ1n) is 6.75. The molecule has 110 valence electrons. The number of rotatable bonds is 3. The highest BCUT2D eigenvalue weighted by Crippen LogP contribution is 2.34. The van der Waals surface area contributed by atoms with Gasteiger partial charge in [-0.1, -0.05) is 0 Å². The zero-order valence-electron chi connectivity index (χ0n) is 12.0. The first kappa shape index (κ1) is 13.5. The Labute approximate surface area is 121 Å². The maximum absolute atomic E-state index is 12.5. The van der Waals surface area contributed by atoms with E-state index in [0.29, 0.717) is 47.0 Å². The van der Waals surface area contributed by atoms with E-state index < -0.39 is 0 Å². The quantitative estimate of drug-likeness (QED) is 0.809. The van der Waals surface area contributed by atoms with Gasteiger partial charge >= 0.3 is 0 Å². The van der Waals surface area contributed by atoms with Gasteiger partial charge in [0, 0.05) is 23.0 Å². The Balaban J connectivity index is 2.22. The minimum atomic E-state index is 0.296. The third-order valence-electron chi connectivity index (χ3n) is 3.81. The van der Waals surface area contributed by atoms with Crippen LogP contribution >= 0.6 is 0 Å². The molecule has 0 N–H and O–H groups in total. The Bertz CT molecular complexity index is 752. The van der Waals surface area contributed by atoms with E-state index in [2.05, 4.69) is 0 Å². The number of hydrogen-bond acceptors (Lipinski definition) is 4. The van der Waals surface area contributed by atoms with Crippen molar-refractivity contribution in [2.75, 3.05) is 14.2 Å². The van der Waals surface area contributed by atoms with Gasteiger partial charge in [0.05, 0.1) is 24.3 Å². The van der Waals surface area contributed by atoms with Gasteiger partial charge in [0.1, 0.15) is 17.2 Å². The summed E-state index contributed by atoms with van der Waals surface area (Å²) in [6.45, 7) is 0. The van der Waals surface area contributed by atoms with Crippen LogP contribution in [0.15, 0.2) is 24.4 Å². The second-order valence-electron chi connectivity index (χ2n) is 4.95. The van der Waals surface area contributed by atoms with Crippen molar-refractivity contribution in [1.82, 2.24) is 4.73 Å². The van der Waals surface area contributed by atoms with Crippen LogP contribution in [0.4, 0.5) is 0 Å². The lowest BCUT2D eigenvalue weighted by Crippen LogP contribution is -2.24. The van der Waals surface area contributed by atoms with E-state index in [1.165, 1.54) is 13.3 Å². The Morgan fingerprint density at radius 3 is 2.76 bits per heavy atom. The van der Waals surface area contributed by atoms with E-state index >= 15 is 0 Å². The van der Waals surface area contributed by atoms with Gasteiger partial charge in [-0.3, -0.25) is 0 Å². The second-order valence-corrected chi connectivity index (χ2v) is 4.95. The minimum Gasteiger partial charge on any atom is -0.805 e. The molecule has 1 aromatic carbocycles. The van der Waals surface area contributed by atoms with Crippen LogP contribution < -0.4 is 13.9 Å². The van der Waals surface area contributed by atoms with Crippen LogP contribution in [0.2, 0.25) is 0 Å². The fourth-order valence-corrected chi connectivity index (χ4v) is 2.74. The van der Waals surface area contributed by atoms with Gasteiger partial charge in [-0.25, -0.2) is 0 Å². The van der Waals surface area contributed by atoms with E-state index in [-0.39, 0.29) is 0 Å². The van der Waals surface area contributed by atoms with Gasteiger partial charge in [-0.15, -0.1) is 0 Å². The Morgan fingerprint density at radius 1 is 1.24 bits per heavy atom. The summed E-state index contributed by atoms with van der Waals surface area (Å²) in [5.74, 6) is 1.13. The number of ether oxygens (including phenoxy) is 2. The lowest BCUT2D eigenvalue weighted by atomic mass is 10.1. The zero-order valence-corrected chi connectivity index (χ0v) is 12.0. The Kier molecular flexibility index (Phi) is 3.29. The molecule has 1 aliphatic carbocycles. The van der Waals surface area contributed by atoms with Gasteiger partial charge in [0.15, 0.2) is 0 Å². The highest BCUT2D eigenvalue weighted by Gasteiger charge is 2.26. The van der Waals surface area contributed by atoms with Gasteiger partial charge in [-0.2, -0.15) is 0 Å². The monoisotopic (exact) mass is 288 g/mol. The number of hydrogen-bond donors (Lipinski definition) is 0. The first-order valence-corrected chi connectivity index (χ1v) is 6.75. The summed E-state index contributed by atoms with van der Waals surface area (Å²) in [5, 5.41) is 12.5. The maximum atomic E-state index is 12.5. The van der Waals surface area contributed by atoms with Crippen molar-refractivity contribution in [2.45, 2.75) is 19.3 Å². The molecular formula is C15H16N2O4. The van der Waals surface area contributed by atoms with Gasteiger partial charge in [0.2, 0.25) is 0 Å². The molecule has 1 aliphatic rings. The fraction of sp³-hybridized carbons (Fsp3) is 0.333. The predicted octanol–water partition coefficient (Wildman–Crippen LogP) is 1.92. The molecule has 0 aliphatic heterocycles. The third-order valence-corrected chi connectivity index (χ3v) is 3.81. The molecule has 21 heavy (non-hydrogen) atoms. The number of nitrogens with zero attached hydrogens (tertiary/aromatic N) is 2. The van der Waals surface area contributed by atoms with Crippen molar-refractivity contribution >= 4 is 0 Å². The lowest BCUT2D eigenvalue weighted by molar-refractivity contribution is -0.504. The van der Waals surface area contributed by atoms with Crippen LogP contribution in [0.25, 0.3) is 11.3 Å². The standard InChI is InChI=1S/C15H16N2O4/c1-20-10-6-7-11(15(8-10)21-2)14-9-16(18)12-4-3-5-13(12)17(14)19/h6-9H,3-5H2,1-2H3. The second kappa shape index (κ2) is 5.12. The molecule has 0 saturated carbocycles. The van der Waals surface area contributed by atoms with Crippen LogP contribution in [0.5, 0.6) is 11.5 Å². The summed E-state index contributed by atoms with van der Waals surface area (Å²) in [7, 11) is 3.08. The summed E-state index contributed by atoms with van der Waals surface area (Å²) in [6.07, 6.45) is 3.44. The Hall–Kier alpha value is -2.50. The summed E-state index contributed by atoms with van der Waals surface area (Å²) in [4.78, 5) is 12.1. The van der Waals surface area contributed by atoms with E-state index in [9.17, 15) is 10.1 Å². The molecular weight excluding hydrogens is 272 g/mol. The lowest BCUT2D eigenvalue weighted by Gasteiger charge is -2.20. The van der Waals surface area contributed by atoms with Crippen LogP contribution in [0.1, 0.15) is 17.8 Å². The van der Waals surface area contributed by atoms with Crippen molar-refractivity contribution in [3.8, 4) is 22.8 Å². The number of aromatic nitrogens is 2. The summed E-state index contributed by atoms with van der Waals surface area (Å²) >= 11 is 0. The number of fused-ring (bicyclic) bond motifs is 1. The van der Waals surface area contributed by atoms with Crippen molar-refractivity contribution < 1.29 is 13.9 Å². The number of methoxy groups -OCH3 is 2. The van der Waals surface area contributed by atoms with Gasteiger partial charge < -0.3 is 19.4 Å². The molecule has 3 rings (SSSR count). The molecule has 6 heteroatoms. The van der Waals surface area contributed by atoms with E-state index in [1.54, 1.807) is 25.3 Å². The number of benzene rings is 1. The van der Waals surface area contributed by atoms with Crippen molar-refractivity contribution in [3.63, 3.8) is 0 Å². The molecule has 0 saturated heterocycles. The SMILES string of the molecule is COc1ccc(-c2c[n+](=O)c3c(n2[O-])CCC3)c(OC)c1. The molecule has 0 unspecified atom stereocenters. The van der Waals surface area contributed by atoms with E-state index in [1.807, 2.05) is 0 Å². The fourth-order valence-electron chi connectivity index (χ4n) is 2.74. The van der Waals surface area contributed by atoms with Crippen LogP contribution in [0, 0.1) is 10.1 Å². The van der Waals surface area contributed by atoms with Crippen molar-refractivity contribution in [2.24, 2.45) is 0 Å². The third kappa shape index (κ3) is 2.12. The smallest absolute Gasteiger partial charge is 0.258 e. The van der Waals surface area contributed by atoms with Crippen molar-refractivity contribution in [3.05, 3.63) is 45.9 Å². The molecule has 0 amide bonds. The highest BCUT2D eigenvalue weighted by molar-refractivity contribution is 5.68. The summed E-state index contributed by atoms with van der Waals surface area (Å²) in [5.41, 5.74) is 2.00. The van der Waals surface area contributed by atoms with Crippen LogP contribution in [-0.4, -0.2) is 19.0 Å². The summed E-state index contributed by atoms with van der Waals surface area (Å²) < 4.78 is 12.1. The molecule has 1 heterocycles. The predicted molar refractivity (Wildman–Crippen MR) is 77.1 cm³/mol. The molecule has 1 aromatic heterocycles. The van der Waals surface area contributed by atoms with E-state index in [4.69, 9.17) is 9.47 Å². The molecule has 6 nitrogen and oxygen atoms in total. The molecule has 0 fully saturated rings. The first-order chi connectivity index (χ1) is 10.2. The molecule has 0 spiro atoms. The average molecular weight is 288 g/mol. The molecule has 0 radical (unpaired) electrons. The highest BCUT2D eigenvalue weighted by atomic mass is 16.5. The van der Waals surface area contributed by atoms with Gasteiger partial charge in [0.25, 0.3) is 11.9 Å². The van der Waals surface area contributed by atoms with Crippen molar-refractivity contribution in [1.29, 1.82) is 0 Å². The molecule has 0 atom stereocenters. The van der Waals surface area contributed by atoms with Gasteiger partial charge in [-0.05, 0) is 25.0 Å². The van der Waals surface area contributed by atoms with Crippen LogP contribution in [0.3, 0.4) is 0 Å². The topological polar surface area (TPSA) is 69.4 Å².